The lowest BCUT2D eigenvalue weighted by Gasteiger charge is -2.17. The first-order valence-corrected chi connectivity index (χ1v) is 6.04. The highest BCUT2D eigenvalue weighted by Gasteiger charge is 2.10. The smallest absolute Gasteiger partial charge is 0.107 e. The zero-order valence-corrected chi connectivity index (χ0v) is 10.9. The van der Waals surface area contributed by atoms with Crippen LogP contribution < -0.4 is 0 Å². The summed E-state index contributed by atoms with van der Waals surface area (Å²) in [6.07, 6.45) is 10.1. The van der Waals surface area contributed by atoms with Crippen LogP contribution in [-0.2, 0) is 20.8 Å². The van der Waals surface area contributed by atoms with Crippen LogP contribution >= 0.6 is 0 Å². The number of benzene rings is 1. The molecule has 0 N–H and O–H groups in total. The van der Waals surface area contributed by atoms with Crippen molar-refractivity contribution in [2.24, 2.45) is 0 Å². The van der Waals surface area contributed by atoms with E-state index in [0.29, 0.717) is 19.8 Å². The number of hydrogen-bond acceptors (Lipinski definition) is 3. The second kappa shape index (κ2) is 10.2. The van der Waals surface area contributed by atoms with E-state index in [-0.39, 0.29) is 19.3 Å². The predicted octanol–water partition coefficient (Wildman–Crippen LogP) is 1.87. The highest BCUT2D eigenvalue weighted by molar-refractivity contribution is 5.13. The molecule has 0 spiro atoms. The Bertz CT molecular complexity index is 394. The molecule has 1 rings (SSSR count). The Morgan fingerprint density at radius 2 is 1.53 bits per heavy atom. The summed E-state index contributed by atoms with van der Waals surface area (Å²) in [5.41, 5.74) is 1.10. The van der Waals surface area contributed by atoms with Gasteiger partial charge in [-0.1, -0.05) is 42.2 Å². The van der Waals surface area contributed by atoms with E-state index in [1.807, 2.05) is 30.3 Å². The number of hydrogen-bond donors (Lipinski definition) is 0. The van der Waals surface area contributed by atoms with Crippen molar-refractivity contribution in [1.82, 2.24) is 0 Å². The summed E-state index contributed by atoms with van der Waals surface area (Å²) in [5, 5.41) is 0. The van der Waals surface area contributed by atoms with E-state index in [9.17, 15) is 0 Å². The summed E-state index contributed by atoms with van der Waals surface area (Å²) in [6, 6.07) is 9.91. The molecule has 0 saturated carbocycles. The largest absolute Gasteiger partial charge is 0.369 e. The minimum Gasteiger partial charge on any atom is -0.369 e. The lowest BCUT2D eigenvalue weighted by atomic mass is 10.2. The molecule has 0 bridgehead atoms. The summed E-state index contributed by atoms with van der Waals surface area (Å²) in [5.74, 6) is 4.83. The fourth-order valence-corrected chi connectivity index (χ4v) is 1.43. The van der Waals surface area contributed by atoms with Crippen molar-refractivity contribution < 1.29 is 14.2 Å². The van der Waals surface area contributed by atoms with Crippen LogP contribution in [0.25, 0.3) is 0 Å². The van der Waals surface area contributed by atoms with Gasteiger partial charge in [-0.25, -0.2) is 0 Å². The van der Waals surface area contributed by atoms with Crippen molar-refractivity contribution in [3.05, 3.63) is 35.9 Å². The molecule has 0 amide bonds. The predicted molar refractivity (Wildman–Crippen MR) is 74.3 cm³/mol. The zero-order valence-electron chi connectivity index (χ0n) is 10.9. The number of ether oxygens (including phenoxy) is 3. The van der Waals surface area contributed by atoms with Crippen molar-refractivity contribution >= 4 is 0 Å². The van der Waals surface area contributed by atoms with Crippen molar-refractivity contribution in [3.63, 3.8) is 0 Å². The van der Waals surface area contributed by atoms with Crippen molar-refractivity contribution in [2.45, 2.75) is 12.7 Å². The van der Waals surface area contributed by atoms with Crippen LogP contribution in [0, 0.1) is 24.7 Å². The molecule has 0 aliphatic carbocycles. The van der Waals surface area contributed by atoms with Gasteiger partial charge in [-0.2, -0.15) is 0 Å². The van der Waals surface area contributed by atoms with E-state index in [2.05, 4.69) is 11.8 Å². The van der Waals surface area contributed by atoms with Gasteiger partial charge in [-0.15, -0.1) is 12.8 Å². The standard InChI is InChI=1S/C16H18O3/c1-3-10-17-13-16(14-18-11-4-2)19-12-15-8-6-5-7-9-15/h1-2,5-9,16H,10-14H2. The topological polar surface area (TPSA) is 27.7 Å². The van der Waals surface area contributed by atoms with Crippen molar-refractivity contribution in [3.8, 4) is 24.7 Å². The van der Waals surface area contributed by atoms with Gasteiger partial charge in [0.25, 0.3) is 0 Å². The third-order valence-corrected chi connectivity index (χ3v) is 2.31. The zero-order chi connectivity index (χ0) is 13.8. The molecule has 0 heterocycles. The van der Waals surface area contributed by atoms with Gasteiger partial charge in [-0.05, 0) is 5.56 Å². The SMILES string of the molecule is C#CCOCC(COCC#C)OCc1ccccc1. The molecule has 100 valence electrons. The molecular formula is C16H18O3. The number of terminal acetylenes is 2. The Morgan fingerprint density at radius 3 is 2.05 bits per heavy atom. The van der Waals surface area contributed by atoms with Crippen LogP contribution in [0.4, 0.5) is 0 Å². The first kappa shape index (κ1) is 15.3. The summed E-state index contributed by atoms with van der Waals surface area (Å²) >= 11 is 0. The van der Waals surface area contributed by atoms with E-state index < -0.39 is 0 Å². The maximum Gasteiger partial charge on any atom is 0.107 e. The Hall–Kier alpha value is -1.78. The van der Waals surface area contributed by atoms with Crippen LogP contribution in [0.3, 0.4) is 0 Å². The molecule has 0 aliphatic heterocycles. The van der Waals surface area contributed by atoms with Gasteiger partial charge in [0.1, 0.15) is 19.3 Å². The minimum atomic E-state index is -0.179. The van der Waals surface area contributed by atoms with E-state index in [4.69, 9.17) is 27.1 Å². The molecule has 0 unspecified atom stereocenters. The second-order valence-corrected chi connectivity index (χ2v) is 3.86. The highest BCUT2D eigenvalue weighted by Crippen LogP contribution is 2.04. The molecule has 0 aromatic heterocycles. The quantitative estimate of drug-likeness (QED) is 0.500. The molecule has 0 saturated heterocycles. The van der Waals surface area contributed by atoms with E-state index in [1.165, 1.54) is 0 Å². The third-order valence-electron chi connectivity index (χ3n) is 2.31. The maximum absolute atomic E-state index is 5.73. The first-order valence-electron chi connectivity index (χ1n) is 6.04. The van der Waals surface area contributed by atoms with E-state index in [1.54, 1.807) is 0 Å². The Balaban J connectivity index is 2.35. The van der Waals surface area contributed by atoms with Crippen molar-refractivity contribution in [1.29, 1.82) is 0 Å². The third kappa shape index (κ3) is 7.28. The average molecular weight is 258 g/mol. The Labute approximate surface area is 114 Å². The fraction of sp³-hybridized carbons (Fsp3) is 0.375. The summed E-state index contributed by atoms with van der Waals surface area (Å²) < 4.78 is 16.3. The van der Waals surface area contributed by atoms with Crippen LogP contribution in [-0.4, -0.2) is 32.5 Å². The first-order chi connectivity index (χ1) is 9.36. The Kier molecular flexibility index (Phi) is 8.18. The lowest BCUT2D eigenvalue weighted by Crippen LogP contribution is -2.26. The summed E-state index contributed by atoms with van der Waals surface area (Å²) in [6.45, 7) is 1.81. The summed E-state index contributed by atoms with van der Waals surface area (Å²) in [4.78, 5) is 0. The molecule has 3 heteroatoms. The van der Waals surface area contributed by atoms with Gasteiger partial charge < -0.3 is 14.2 Å². The fourth-order valence-electron chi connectivity index (χ4n) is 1.43. The van der Waals surface area contributed by atoms with Gasteiger partial charge in [0.2, 0.25) is 0 Å². The Morgan fingerprint density at radius 1 is 0.947 bits per heavy atom. The van der Waals surface area contributed by atoms with Crippen LogP contribution in [0.5, 0.6) is 0 Å². The van der Waals surface area contributed by atoms with Gasteiger partial charge in [0.05, 0.1) is 19.8 Å². The molecule has 0 fully saturated rings. The molecule has 1 aromatic carbocycles. The molecular weight excluding hydrogens is 240 g/mol. The maximum atomic E-state index is 5.73. The van der Waals surface area contributed by atoms with Crippen molar-refractivity contribution in [2.75, 3.05) is 26.4 Å². The lowest BCUT2D eigenvalue weighted by molar-refractivity contribution is -0.0576. The molecule has 19 heavy (non-hydrogen) atoms. The highest BCUT2D eigenvalue weighted by atomic mass is 16.6. The van der Waals surface area contributed by atoms with E-state index >= 15 is 0 Å². The van der Waals surface area contributed by atoms with Crippen LogP contribution in [0.2, 0.25) is 0 Å². The van der Waals surface area contributed by atoms with Gasteiger partial charge in [0, 0.05) is 0 Å². The summed E-state index contributed by atoms with van der Waals surface area (Å²) in [7, 11) is 0. The molecule has 0 atom stereocenters. The normalized spacial score (nSPS) is 10.1. The van der Waals surface area contributed by atoms with E-state index in [0.717, 1.165) is 5.56 Å². The second-order valence-electron chi connectivity index (χ2n) is 3.86. The van der Waals surface area contributed by atoms with Gasteiger partial charge in [-0.3, -0.25) is 0 Å². The van der Waals surface area contributed by atoms with Crippen LogP contribution in [0.15, 0.2) is 30.3 Å². The average Bonchev–Trinajstić information content (AvgIpc) is 2.45. The molecule has 0 radical (unpaired) electrons. The van der Waals surface area contributed by atoms with Gasteiger partial charge >= 0.3 is 0 Å². The monoisotopic (exact) mass is 258 g/mol. The minimum absolute atomic E-state index is 0.179. The number of rotatable bonds is 9. The van der Waals surface area contributed by atoms with Crippen LogP contribution in [0.1, 0.15) is 5.56 Å². The molecule has 1 aromatic rings. The molecule has 3 nitrogen and oxygen atoms in total. The molecule has 0 aliphatic rings. The van der Waals surface area contributed by atoms with Gasteiger partial charge in [0.15, 0.2) is 0 Å².